The summed E-state index contributed by atoms with van der Waals surface area (Å²) >= 11 is 1.26. The van der Waals surface area contributed by atoms with Crippen LogP contribution in [0.15, 0.2) is 11.4 Å². The second-order valence-electron chi connectivity index (χ2n) is 5.41. The smallest absolute Gasteiger partial charge is 0.409 e. The summed E-state index contributed by atoms with van der Waals surface area (Å²) < 4.78 is 4.98. The van der Waals surface area contributed by atoms with Crippen molar-refractivity contribution in [1.82, 2.24) is 9.80 Å². The van der Waals surface area contributed by atoms with E-state index in [-0.39, 0.29) is 18.0 Å². The number of carbonyl (C=O) groups excluding carboxylic acids is 3. The first-order chi connectivity index (χ1) is 11.4. The molecule has 0 saturated carbocycles. The van der Waals surface area contributed by atoms with E-state index in [1.807, 2.05) is 4.90 Å². The van der Waals surface area contributed by atoms with Gasteiger partial charge in [-0.05, 0) is 25.3 Å². The summed E-state index contributed by atoms with van der Waals surface area (Å²) in [5.74, 6) is -0.771. The third-order valence-corrected chi connectivity index (χ3v) is 4.76. The van der Waals surface area contributed by atoms with E-state index < -0.39 is 5.91 Å². The maximum atomic E-state index is 12.4. The maximum Gasteiger partial charge on any atom is 0.409 e. The van der Waals surface area contributed by atoms with E-state index in [0.717, 1.165) is 0 Å². The Morgan fingerprint density at radius 2 is 2.00 bits per heavy atom. The molecule has 0 bridgehead atoms. The van der Waals surface area contributed by atoms with E-state index in [1.165, 1.54) is 11.3 Å². The van der Waals surface area contributed by atoms with Gasteiger partial charge in [0.05, 0.1) is 18.2 Å². The Morgan fingerprint density at radius 1 is 1.33 bits per heavy atom. The Kier molecular flexibility index (Phi) is 6.16. The van der Waals surface area contributed by atoms with Crippen molar-refractivity contribution in [2.24, 2.45) is 5.73 Å². The molecule has 2 rings (SSSR count). The summed E-state index contributed by atoms with van der Waals surface area (Å²) in [4.78, 5) is 39.0. The van der Waals surface area contributed by atoms with Crippen LogP contribution in [0.2, 0.25) is 0 Å². The molecule has 3 amide bonds. The number of nitrogens with two attached hydrogens (primary N) is 1. The Labute approximate surface area is 144 Å². The maximum absolute atomic E-state index is 12.4. The third kappa shape index (κ3) is 4.24. The molecular formula is C15H22N4O4S. The molecule has 1 aromatic rings. The fraction of sp³-hybridized carbons (Fsp3) is 0.533. The zero-order valence-electron chi connectivity index (χ0n) is 13.8. The number of rotatable bonds is 5. The molecule has 24 heavy (non-hydrogen) atoms. The van der Waals surface area contributed by atoms with E-state index >= 15 is 0 Å². The Hall–Kier alpha value is -2.13. The summed E-state index contributed by atoms with van der Waals surface area (Å²) in [6.45, 7) is 6.12. The zero-order valence-corrected chi connectivity index (χ0v) is 14.6. The number of thiophene rings is 1. The third-order valence-electron chi connectivity index (χ3n) is 3.93. The van der Waals surface area contributed by atoms with Crippen LogP contribution in [0.1, 0.15) is 24.2 Å². The van der Waals surface area contributed by atoms with Crippen molar-refractivity contribution in [2.45, 2.75) is 19.9 Å². The summed E-state index contributed by atoms with van der Waals surface area (Å²) in [7, 11) is 0. The van der Waals surface area contributed by atoms with Crippen LogP contribution in [0, 0.1) is 0 Å². The molecule has 1 atom stereocenters. The van der Waals surface area contributed by atoms with Crippen LogP contribution in [0.25, 0.3) is 0 Å². The molecule has 0 aromatic carbocycles. The quantitative estimate of drug-likeness (QED) is 0.819. The number of amides is 3. The lowest BCUT2D eigenvalue weighted by molar-refractivity contribution is -0.121. The number of hydrogen-bond acceptors (Lipinski definition) is 6. The van der Waals surface area contributed by atoms with E-state index in [2.05, 4.69) is 5.32 Å². The first-order valence-electron chi connectivity index (χ1n) is 7.78. The van der Waals surface area contributed by atoms with Crippen molar-refractivity contribution in [1.29, 1.82) is 0 Å². The first-order valence-corrected chi connectivity index (χ1v) is 8.66. The monoisotopic (exact) mass is 354 g/mol. The lowest BCUT2D eigenvalue weighted by atomic mass is 10.2. The highest BCUT2D eigenvalue weighted by Crippen LogP contribution is 2.23. The SMILES string of the molecule is CCOC(=O)N1CCN([C@@H](C)C(=O)Nc2sccc2C(N)=O)CC1. The lowest BCUT2D eigenvalue weighted by Gasteiger charge is -2.36. The predicted molar refractivity (Wildman–Crippen MR) is 91.1 cm³/mol. The first kappa shape index (κ1) is 18.2. The molecule has 0 radical (unpaired) electrons. The number of ether oxygens (including phenoxy) is 1. The van der Waals surface area contributed by atoms with Crippen molar-refractivity contribution in [2.75, 3.05) is 38.1 Å². The number of primary amides is 1. The van der Waals surface area contributed by atoms with Gasteiger partial charge in [-0.1, -0.05) is 0 Å². The number of anilines is 1. The van der Waals surface area contributed by atoms with Crippen LogP contribution in [0.3, 0.4) is 0 Å². The largest absolute Gasteiger partial charge is 0.450 e. The van der Waals surface area contributed by atoms with Gasteiger partial charge in [0.25, 0.3) is 5.91 Å². The number of nitrogens with one attached hydrogen (secondary N) is 1. The van der Waals surface area contributed by atoms with Gasteiger partial charge < -0.3 is 20.7 Å². The van der Waals surface area contributed by atoms with E-state index in [9.17, 15) is 14.4 Å². The molecule has 1 saturated heterocycles. The second-order valence-corrected chi connectivity index (χ2v) is 6.33. The fourth-order valence-corrected chi connectivity index (χ4v) is 3.28. The number of hydrogen-bond donors (Lipinski definition) is 2. The number of carbonyl (C=O) groups is 3. The molecule has 1 aliphatic heterocycles. The van der Waals surface area contributed by atoms with Gasteiger partial charge in [-0.2, -0.15) is 0 Å². The highest BCUT2D eigenvalue weighted by molar-refractivity contribution is 7.14. The van der Waals surface area contributed by atoms with Gasteiger partial charge in [-0.3, -0.25) is 14.5 Å². The normalized spacial score (nSPS) is 16.5. The average Bonchev–Trinajstić information content (AvgIpc) is 3.03. The molecule has 9 heteroatoms. The van der Waals surface area contributed by atoms with Crippen LogP contribution in [0.5, 0.6) is 0 Å². The molecule has 1 fully saturated rings. The van der Waals surface area contributed by atoms with Crippen LogP contribution in [-0.4, -0.2) is 66.5 Å². The standard InChI is InChI=1S/C15H22N4O4S/c1-3-23-15(22)19-7-5-18(6-8-19)10(2)13(21)17-14-11(12(16)20)4-9-24-14/h4,9-10H,3,5-8H2,1-2H3,(H2,16,20)(H,17,21)/t10-/m0/s1. The van der Waals surface area contributed by atoms with Gasteiger partial charge in [0.15, 0.2) is 0 Å². The predicted octanol–water partition coefficient (Wildman–Crippen LogP) is 0.948. The van der Waals surface area contributed by atoms with Crippen LogP contribution >= 0.6 is 11.3 Å². The molecule has 0 unspecified atom stereocenters. The minimum atomic E-state index is -0.567. The Morgan fingerprint density at radius 3 is 2.58 bits per heavy atom. The second kappa shape index (κ2) is 8.11. The summed E-state index contributed by atoms with van der Waals surface area (Å²) in [5.41, 5.74) is 5.59. The molecule has 132 valence electrons. The molecule has 3 N–H and O–H groups in total. The van der Waals surface area contributed by atoms with E-state index in [4.69, 9.17) is 10.5 Å². The summed E-state index contributed by atoms with van der Waals surface area (Å²) in [6.07, 6.45) is -0.320. The summed E-state index contributed by atoms with van der Waals surface area (Å²) in [6, 6.07) is 1.21. The molecule has 1 aromatic heterocycles. The van der Waals surface area contributed by atoms with Crippen molar-refractivity contribution >= 4 is 34.2 Å². The van der Waals surface area contributed by atoms with Gasteiger partial charge in [0.2, 0.25) is 5.91 Å². The minimum absolute atomic E-state index is 0.204. The van der Waals surface area contributed by atoms with E-state index in [0.29, 0.717) is 43.4 Å². The van der Waals surface area contributed by atoms with E-state index in [1.54, 1.807) is 30.2 Å². The number of piperazine rings is 1. The fourth-order valence-electron chi connectivity index (χ4n) is 2.49. The van der Waals surface area contributed by atoms with Gasteiger partial charge in [-0.15, -0.1) is 11.3 Å². The average molecular weight is 354 g/mol. The van der Waals surface area contributed by atoms with Crippen LogP contribution < -0.4 is 11.1 Å². The highest BCUT2D eigenvalue weighted by atomic mass is 32.1. The van der Waals surface area contributed by atoms with Crippen molar-refractivity contribution < 1.29 is 19.1 Å². The Bertz CT molecular complexity index is 610. The molecule has 1 aliphatic rings. The van der Waals surface area contributed by atoms with Crippen molar-refractivity contribution in [3.8, 4) is 0 Å². The van der Waals surface area contributed by atoms with Gasteiger partial charge in [0, 0.05) is 26.2 Å². The lowest BCUT2D eigenvalue weighted by Crippen LogP contribution is -2.54. The van der Waals surface area contributed by atoms with Crippen LogP contribution in [0.4, 0.5) is 9.80 Å². The number of nitrogens with zero attached hydrogens (tertiary/aromatic N) is 2. The highest BCUT2D eigenvalue weighted by Gasteiger charge is 2.28. The zero-order chi connectivity index (χ0) is 17.7. The van der Waals surface area contributed by atoms with Gasteiger partial charge in [-0.25, -0.2) is 4.79 Å². The van der Waals surface area contributed by atoms with Gasteiger partial charge in [0.1, 0.15) is 5.00 Å². The van der Waals surface area contributed by atoms with Gasteiger partial charge >= 0.3 is 6.09 Å². The minimum Gasteiger partial charge on any atom is -0.450 e. The topological polar surface area (TPSA) is 105 Å². The Balaban J connectivity index is 1.89. The summed E-state index contributed by atoms with van der Waals surface area (Å²) in [5, 5.41) is 4.92. The van der Waals surface area contributed by atoms with Crippen molar-refractivity contribution in [3.63, 3.8) is 0 Å². The van der Waals surface area contributed by atoms with Crippen molar-refractivity contribution in [3.05, 3.63) is 17.0 Å². The van der Waals surface area contributed by atoms with Crippen LogP contribution in [-0.2, 0) is 9.53 Å². The molecule has 0 aliphatic carbocycles. The molecular weight excluding hydrogens is 332 g/mol. The molecule has 8 nitrogen and oxygen atoms in total. The molecule has 0 spiro atoms. The molecule has 2 heterocycles.